The first-order valence-corrected chi connectivity index (χ1v) is 5.62. The van der Waals surface area contributed by atoms with Crippen LogP contribution in [0.3, 0.4) is 0 Å². The Morgan fingerprint density at radius 1 is 1.41 bits per heavy atom. The van der Waals surface area contributed by atoms with Gasteiger partial charge in [0, 0.05) is 0 Å². The van der Waals surface area contributed by atoms with Crippen LogP contribution < -0.4 is 10.1 Å². The summed E-state index contributed by atoms with van der Waals surface area (Å²) in [4.78, 5) is 0. The van der Waals surface area contributed by atoms with Crippen LogP contribution in [0.5, 0.6) is 5.75 Å². The highest BCUT2D eigenvalue weighted by Gasteiger charge is 2.23. The molecule has 1 atom stereocenters. The lowest BCUT2D eigenvalue weighted by Gasteiger charge is -2.22. The first kappa shape index (κ1) is 13.5. The molecule has 0 saturated carbocycles. The second-order valence-electron chi connectivity index (χ2n) is 4.06. The smallest absolute Gasteiger partial charge is 0.138 e. The summed E-state index contributed by atoms with van der Waals surface area (Å²) in [6.07, 6.45) is 0. The number of aliphatic hydroxyl groups excluding tert-OH is 1. The van der Waals surface area contributed by atoms with Crippen molar-refractivity contribution < 1.29 is 9.84 Å². The van der Waals surface area contributed by atoms with Crippen LogP contribution in [-0.2, 0) is 6.61 Å². The van der Waals surface area contributed by atoms with Gasteiger partial charge in [-0.05, 0) is 31.2 Å². The molecule has 0 aliphatic rings. The maximum Gasteiger partial charge on any atom is 0.138 e. The van der Waals surface area contributed by atoms with Gasteiger partial charge >= 0.3 is 0 Å². The molecule has 0 radical (unpaired) electrons. The van der Waals surface area contributed by atoms with Crippen molar-refractivity contribution in [1.82, 2.24) is 5.32 Å². The van der Waals surface area contributed by atoms with Crippen molar-refractivity contribution in [3.05, 3.63) is 29.8 Å². The predicted octanol–water partition coefficient (Wildman–Crippen LogP) is 1.45. The monoisotopic (exact) mass is 234 g/mol. The molecule has 0 spiro atoms. The van der Waals surface area contributed by atoms with E-state index in [0.29, 0.717) is 5.75 Å². The van der Waals surface area contributed by atoms with E-state index in [0.717, 1.165) is 12.1 Å². The molecule has 0 heterocycles. The molecular formula is C13H18N2O2. The van der Waals surface area contributed by atoms with Crippen LogP contribution in [-0.4, -0.2) is 23.8 Å². The molecule has 1 unspecified atom stereocenters. The molecule has 0 bridgehead atoms. The van der Waals surface area contributed by atoms with E-state index >= 15 is 0 Å². The Morgan fingerprint density at radius 2 is 2.06 bits per heavy atom. The Morgan fingerprint density at radius 3 is 2.53 bits per heavy atom. The van der Waals surface area contributed by atoms with Crippen LogP contribution in [0.25, 0.3) is 0 Å². The first-order valence-electron chi connectivity index (χ1n) is 5.62. The second kappa shape index (κ2) is 6.24. The topological polar surface area (TPSA) is 65.3 Å². The third-order valence-electron chi connectivity index (χ3n) is 2.45. The van der Waals surface area contributed by atoms with Gasteiger partial charge in [-0.15, -0.1) is 0 Å². The zero-order chi connectivity index (χ0) is 12.7. The Hall–Kier alpha value is -1.57. The zero-order valence-corrected chi connectivity index (χ0v) is 10.2. The number of hydrogen-bond acceptors (Lipinski definition) is 4. The lowest BCUT2D eigenvalue weighted by molar-refractivity contribution is 0.236. The molecule has 0 fully saturated rings. The minimum atomic E-state index is -0.676. The Bertz CT molecular complexity index is 383. The summed E-state index contributed by atoms with van der Waals surface area (Å²) in [5, 5.41) is 21.0. The van der Waals surface area contributed by atoms with Gasteiger partial charge in [-0.3, -0.25) is 5.32 Å². The van der Waals surface area contributed by atoms with E-state index in [1.165, 1.54) is 0 Å². The number of benzene rings is 1. The van der Waals surface area contributed by atoms with Crippen molar-refractivity contribution in [3.8, 4) is 11.8 Å². The standard InChI is InChI=1S/C13H18N2O2/c1-3-15-13(2,9-14)10-17-12-6-4-11(8-16)5-7-12/h4-7,15-16H,3,8,10H2,1-2H3. The minimum absolute atomic E-state index is 0.0214. The summed E-state index contributed by atoms with van der Waals surface area (Å²) in [6.45, 7) is 4.78. The fourth-order valence-electron chi connectivity index (χ4n) is 1.43. The van der Waals surface area contributed by atoms with Crippen LogP contribution in [0.1, 0.15) is 19.4 Å². The second-order valence-corrected chi connectivity index (χ2v) is 4.06. The number of nitriles is 1. The molecule has 0 aliphatic carbocycles. The Balaban J connectivity index is 2.57. The average molecular weight is 234 g/mol. The predicted molar refractivity (Wildman–Crippen MR) is 65.6 cm³/mol. The fraction of sp³-hybridized carbons (Fsp3) is 0.462. The lowest BCUT2D eigenvalue weighted by Crippen LogP contribution is -2.46. The first-order chi connectivity index (χ1) is 8.13. The van der Waals surface area contributed by atoms with Crippen molar-refractivity contribution in [2.45, 2.75) is 26.0 Å². The number of nitrogens with zero attached hydrogens (tertiary/aromatic N) is 1. The van der Waals surface area contributed by atoms with Crippen molar-refractivity contribution >= 4 is 0 Å². The van der Waals surface area contributed by atoms with Crippen LogP contribution in [0.2, 0.25) is 0 Å². The Kier molecular flexibility index (Phi) is 4.95. The number of rotatable bonds is 6. The molecule has 1 aromatic carbocycles. The van der Waals surface area contributed by atoms with Gasteiger partial charge in [0.1, 0.15) is 17.9 Å². The molecule has 2 N–H and O–H groups in total. The Labute approximate surface area is 102 Å². The van der Waals surface area contributed by atoms with E-state index in [1.807, 2.05) is 6.92 Å². The van der Waals surface area contributed by atoms with Gasteiger partial charge < -0.3 is 9.84 Å². The van der Waals surface area contributed by atoms with E-state index in [4.69, 9.17) is 15.1 Å². The number of aliphatic hydroxyl groups is 1. The summed E-state index contributed by atoms with van der Waals surface area (Å²) < 4.78 is 5.55. The van der Waals surface area contributed by atoms with E-state index < -0.39 is 5.54 Å². The van der Waals surface area contributed by atoms with Crippen molar-refractivity contribution in [2.75, 3.05) is 13.2 Å². The van der Waals surface area contributed by atoms with Gasteiger partial charge in [0.2, 0.25) is 0 Å². The van der Waals surface area contributed by atoms with Gasteiger partial charge in [0.05, 0.1) is 12.7 Å². The molecule has 0 amide bonds. The molecule has 1 aromatic rings. The third kappa shape index (κ3) is 4.06. The fourth-order valence-corrected chi connectivity index (χ4v) is 1.43. The number of nitrogens with one attached hydrogen (secondary N) is 1. The average Bonchev–Trinajstić information content (AvgIpc) is 2.37. The summed E-state index contributed by atoms with van der Waals surface area (Å²) in [5.74, 6) is 0.696. The van der Waals surface area contributed by atoms with Gasteiger partial charge in [0.15, 0.2) is 0 Å². The van der Waals surface area contributed by atoms with Gasteiger partial charge in [-0.1, -0.05) is 19.1 Å². The quantitative estimate of drug-likeness (QED) is 0.782. The van der Waals surface area contributed by atoms with Crippen LogP contribution in [0.4, 0.5) is 0 Å². The highest BCUT2D eigenvalue weighted by Crippen LogP contribution is 2.14. The molecule has 0 aromatic heterocycles. The molecule has 1 rings (SSSR count). The SMILES string of the molecule is CCNC(C)(C#N)COc1ccc(CO)cc1. The van der Waals surface area contributed by atoms with Crippen molar-refractivity contribution in [1.29, 1.82) is 5.26 Å². The highest BCUT2D eigenvalue weighted by atomic mass is 16.5. The van der Waals surface area contributed by atoms with E-state index in [1.54, 1.807) is 31.2 Å². The van der Waals surface area contributed by atoms with E-state index in [-0.39, 0.29) is 13.2 Å². The summed E-state index contributed by atoms with van der Waals surface area (Å²) >= 11 is 0. The molecule has 0 aliphatic heterocycles. The lowest BCUT2D eigenvalue weighted by atomic mass is 10.1. The maximum atomic E-state index is 9.05. The molecular weight excluding hydrogens is 216 g/mol. The van der Waals surface area contributed by atoms with Crippen molar-refractivity contribution in [2.24, 2.45) is 0 Å². The summed E-state index contributed by atoms with van der Waals surface area (Å²) in [7, 11) is 0. The molecule has 17 heavy (non-hydrogen) atoms. The van der Waals surface area contributed by atoms with E-state index in [2.05, 4.69) is 11.4 Å². The molecule has 92 valence electrons. The van der Waals surface area contributed by atoms with Gasteiger partial charge in [0.25, 0.3) is 0 Å². The molecule has 4 nitrogen and oxygen atoms in total. The maximum absolute atomic E-state index is 9.05. The molecule has 4 heteroatoms. The zero-order valence-electron chi connectivity index (χ0n) is 10.2. The van der Waals surface area contributed by atoms with Crippen LogP contribution in [0.15, 0.2) is 24.3 Å². The highest BCUT2D eigenvalue weighted by molar-refractivity contribution is 5.27. The molecule has 0 saturated heterocycles. The van der Waals surface area contributed by atoms with Crippen LogP contribution in [0, 0.1) is 11.3 Å². The largest absolute Gasteiger partial charge is 0.491 e. The number of hydrogen-bond donors (Lipinski definition) is 2. The van der Waals surface area contributed by atoms with Crippen molar-refractivity contribution in [3.63, 3.8) is 0 Å². The van der Waals surface area contributed by atoms with Gasteiger partial charge in [-0.25, -0.2) is 0 Å². The third-order valence-corrected chi connectivity index (χ3v) is 2.45. The summed E-state index contributed by atoms with van der Waals surface area (Å²) in [6, 6.07) is 9.37. The minimum Gasteiger partial charge on any atom is -0.491 e. The normalized spacial score (nSPS) is 13.8. The number of ether oxygens (including phenoxy) is 1. The summed E-state index contributed by atoms with van der Waals surface area (Å²) in [5.41, 5.74) is 0.164. The number of likely N-dealkylation sites (N-methyl/N-ethyl adjacent to an activating group) is 1. The van der Waals surface area contributed by atoms with Gasteiger partial charge in [-0.2, -0.15) is 5.26 Å². The van der Waals surface area contributed by atoms with Crippen LogP contribution >= 0.6 is 0 Å². The van der Waals surface area contributed by atoms with E-state index in [9.17, 15) is 0 Å².